The Hall–Kier alpha value is -1.57. The second kappa shape index (κ2) is 9.57. The molecule has 3 heterocycles. The third-order valence-corrected chi connectivity index (χ3v) is 4.50. The monoisotopic (exact) mass is 422 g/mol. The molecule has 0 amide bonds. The molecule has 0 unspecified atom stereocenters. The first-order chi connectivity index (χ1) is 11.8. The van der Waals surface area contributed by atoms with Crippen LogP contribution >= 0.6 is 24.8 Å². The molecule has 0 spiro atoms. The molecule has 0 N–H and O–H groups in total. The molecular weight excluding hydrogens is 400 g/mol. The smallest absolute Gasteiger partial charge is 0.354 e. The van der Waals surface area contributed by atoms with Crippen molar-refractivity contribution in [2.24, 2.45) is 0 Å². The highest BCUT2D eigenvalue weighted by atomic mass is 35.5. The van der Waals surface area contributed by atoms with Crippen LogP contribution < -0.4 is 4.90 Å². The highest BCUT2D eigenvalue weighted by Crippen LogP contribution is 2.29. The van der Waals surface area contributed by atoms with E-state index in [9.17, 15) is 13.2 Å². The van der Waals surface area contributed by atoms with Crippen LogP contribution in [0, 0.1) is 0 Å². The Balaban J connectivity index is 0.00000182. The summed E-state index contributed by atoms with van der Waals surface area (Å²) in [4.78, 5) is 13.0. The van der Waals surface area contributed by atoms with Crippen molar-refractivity contribution < 1.29 is 13.2 Å². The molecule has 9 heteroatoms. The van der Waals surface area contributed by atoms with Crippen LogP contribution in [0.15, 0.2) is 36.7 Å². The highest BCUT2D eigenvalue weighted by molar-refractivity contribution is 5.85. The quantitative estimate of drug-likeness (QED) is 0.726. The van der Waals surface area contributed by atoms with Crippen molar-refractivity contribution in [2.45, 2.75) is 26.1 Å². The van der Waals surface area contributed by atoms with Crippen LogP contribution in [0.2, 0.25) is 0 Å². The maximum absolute atomic E-state index is 12.6. The van der Waals surface area contributed by atoms with Crippen LogP contribution in [-0.2, 0) is 6.18 Å². The lowest BCUT2D eigenvalue weighted by molar-refractivity contribution is -0.137. The van der Waals surface area contributed by atoms with Gasteiger partial charge in [-0.3, -0.25) is 9.88 Å². The molecule has 0 aliphatic carbocycles. The first kappa shape index (κ1) is 23.5. The van der Waals surface area contributed by atoms with Gasteiger partial charge in [-0.1, -0.05) is 0 Å². The third-order valence-electron chi connectivity index (χ3n) is 4.50. The average molecular weight is 423 g/mol. The third kappa shape index (κ3) is 5.70. The minimum absolute atomic E-state index is 0. The molecule has 27 heavy (non-hydrogen) atoms. The van der Waals surface area contributed by atoms with E-state index in [2.05, 4.69) is 33.6 Å². The van der Waals surface area contributed by atoms with Gasteiger partial charge in [-0.2, -0.15) is 13.2 Å². The number of pyridine rings is 2. The molecular formula is C18H23Cl2F3N4. The van der Waals surface area contributed by atoms with Crippen molar-refractivity contribution in [2.75, 3.05) is 31.1 Å². The standard InChI is InChI=1S/C18H21F3N4.2ClH/c1-13(2)24-7-9-25(10-8-24)17-6-3-14(11-23-17)16-5-4-15(12-22-16)18(19,20)21;;/h3-6,11-13H,7-10H2,1-2H3;2*1H. The molecule has 0 aromatic carbocycles. The molecule has 1 saturated heterocycles. The van der Waals surface area contributed by atoms with Gasteiger partial charge >= 0.3 is 6.18 Å². The van der Waals surface area contributed by atoms with Crippen molar-refractivity contribution in [3.05, 3.63) is 42.2 Å². The van der Waals surface area contributed by atoms with Gasteiger partial charge in [0.1, 0.15) is 5.82 Å². The topological polar surface area (TPSA) is 32.3 Å². The van der Waals surface area contributed by atoms with Gasteiger partial charge in [0.15, 0.2) is 0 Å². The van der Waals surface area contributed by atoms with E-state index in [-0.39, 0.29) is 24.8 Å². The Morgan fingerprint density at radius 3 is 2.00 bits per heavy atom. The number of piperazine rings is 1. The molecule has 150 valence electrons. The Bertz CT molecular complexity index is 698. The van der Waals surface area contributed by atoms with Crippen molar-refractivity contribution in [1.82, 2.24) is 14.9 Å². The molecule has 0 atom stereocenters. The lowest BCUT2D eigenvalue weighted by Crippen LogP contribution is -2.49. The van der Waals surface area contributed by atoms with Crippen LogP contribution in [0.3, 0.4) is 0 Å². The van der Waals surface area contributed by atoms with Gasteiger partial charge < -0.3 is 4.90 Å². The molecule has 0 radical (unpaired) electrons. The summed E-state index contributed by atoms with van der Waals surface area (Å²) >= 11 is 0. The van der Waals surface area contributed by atoms with Crippen LogP contribution in [0.5, 0.6) is 0 Å². The van der Waals surface area contributed by atoms with E-state index < -0.39 is 11.7 Å². The summed E-state index contributed by atoms with van der Waals surface area (Å²) in [5, 5.41) is 0. The average Bonchev–Trinajstić information content (AvgIpc) is 2.61. The maximum Gasteiger partial charge on any atom is 0.417 e. The van der Waals surface area contributed by atoms with Gasteiger partial charge in [-0.25, -0.2) is 4.98 Å². The van der Waals surface area contributed by atoms with Crippen molar-refractivity contribution in [3.8, 4) is 11.3 Å². The number of nitrogens with zero attached hydrogens (tertiary/aromatic N) is 4. The summed E-state index contributed by atoms with van der Waals surface area (Å²) in [5.41, 5.74) is 0.443. The first-order valence-electron chi connectivity index (χ1n) is 8.33. The second-order valence-electron chi connectivity index (χ2n) is 6.45. The van der Waals surface area contributed by atoms with Gasteiger partial charge in [0.2, 0.25) is 0 Å². The van der Waals surface area contributed by atoms with E-state index >= 15 is 0 Å². The summed E-state index contributed by atoms with van der Waals surface area (Å²) in [6.07, 6.45) is -1.85. The summed E-state index contributed by atoms with van der Waals surface area (Å²) in [6.45, 7) is 8.23. The van der Waals surface area contributed by atoms with Gasteiger partial charge in [-0.15, -0.1) is 24.8 Å². The predicted molar refractivity (Wildman–Crippen MR) is 106 cm³/mol. The van der Waals surface area contributed by atoms with Crippen molar-refractivity contribution in [1.29, 1.82) is 0 Å². The normalized spacial score (nSPS) is 15.3. The molecule has 0 bridgehead atoms. The lowest BCUT2D eigenvalue weighted by atomic mass is 10.1. The molecule has 1 fully saturated rings. The van der Waals surface area contributed by atoms with Crippen LogP contribution in [0.4, 0.5) is 19.0 Å². The SMILES string of the molecule is CC(C)N1CCN(c2ccc(-c3ccc(C(F)(F)F)cn3)cn2)CC1.Cl.Cl. The van der Waals surface area contributed by atoms with E-state index in [1.807, 2.05) is 12.1 Å². The summed E-state index contributed by atoms with van der Waals surface area (Å²) in [6, 6.07) is 6.72. The van der Waals surface area contributed by atoms with Crippen LogP contribution in [0.1, 0.15) is 19.4 Å². The minimum Gasteiger partial charge on any atom is -0.354 e. The molecule has 3 rings (SSSR count). The number of hydrogen-bond donors (Lipinski definition) is 0. The number of halogens is 5. The predicted octanol–water partition coefficient (Wildman–Crippen LogP) is 4.54. The van der Waals surface area contributed by atoms with Crippen LogP contribution in [0.25, 0.3) is 11.3 Å². The molecule has 1 aliphatic rings. The van der Waals surface area contributed by atoms with Crippen molar-refractivity contribution >= 4 is 30.6 Å². The zero-order chi connectivity index (χ0) is 18.0. The first-order valence-corrected chi connectivity index (χ1v) is 8.33. The number of hydrogen-bond acceptors (Lipinski definition) is 4. The van der Waals surface area contributed by atoms with Gasteiger partial charge in [0, 0.05) is 50.2 Å². The molecule has 2 aromatic rings. The van der Waals surface area contributed by atoms with E-state index in [0.29, 0.717) is 17.3 Å². The Morgan fingerprint density at radius 1 is 0.889 bits per heavy atom. The molecule has 4 nitrogen and oxygen atoms in total. The molecule has 0 saturated carbocycles. The Labute approximate surface area is 169 Å². The van der Waals surface area contributed by atoms with Gasteiger partial charge in [0.25, 0.3) is 0 Å². The zero-order valence-corrected chi connectivity index (χ0v) is 16.7. The Kier molecular flexibility index (Phi) is 8.32. The van der Waals surface area contributed by atoms with Gasteiger partial charge in [-0.05, 0) is 38.1 Å². The molecule has 2 aromatic heterocycles. The van der Waals surface area contributed by atoms with Crippen molar-refractivity contribution in [3.63, 3.8) is 0 Å². The molecule has 1 aliphatic heterocycles. The lowest BCUT2D eigenvalue weighted by Gasteiger charge is -2.37. The fraction of sp³-hybridized carbons (Fsp3) is 0.444. The fourth-order valence-corrected chi connectivity index (χ4v) is 2.92. The fourth-order valence-electron chi connectivity index (χ4n) is 2.92. The summed E-state index contributed by atoms with van der Waals surface area (Å²) < 4.78 is 37.8. The van der Waals surface area contributed by atoms with E-state index in [1.54, 1.807) is 6.20 Å². The maximum atomic E-state index is 12.6. The number of alkyl halides is 3. The summed E-state index contributed by atoms with van der Waals surface area (Å²) in [7, 11) is 0. The van der Waals surface area contributed by atoms with Crippen LogP contribution in [-0.4, -0.2) is 47.1 Å². The second-order valence-corrected chi connectivity index (χ2v) is 6.45. The largest absolute Gasteiger partial charge is 0.417 e. The van der Waals surface area contributed by atoms with E-state index in [4.69, 9.17) is 0 Å². The zero-order valence-electron chi connectivity index (χ0n) is 15.1. The number of aromatic nitrogens is 2. The summed E-state index contributed by atoms with van der Waals surface area (Å²) in [5.74, 6) is 0.888. The van der Waals surface area contributed by atoms with E-state index in [0.717, 1.165) is 44.3 Å². The number of rotatable bonds is 3. The highest BCUT2D eigenvalue weighted by Gasteiger charge is 2.30. The van der Waals surface area contributed by atoms with E-state index in [1.165, 1.54) is 6.07 Å². The Morgan fingerprint density at radius 2 is 1.56 bits per heavy atom. The number of anilines is 1. The van der Waals surface area contributed by atoms with Gasteiger partial charge in [0.05, 0.1) is 11.3 Å². The minimum atomic E-state index is -4.37.